The van der Waals surface area contributed by atoms with Crippen molar-refractivity contribution in [3.8, 4) is 0 Å². The van der Waals surface area contributed by atoms with Crippen LogP contribution in [0.15, 0.2) is 0 Å². The Labute approximate surface area is 164 Å². The molecule has 1 fully saturated rings. The quantitative estimate of drug-likeness (QED) is 0.303. The van der Waals surface area contributed by atoms with E-state index in [1.807, 2.05) is 13.8 Å². The molecule has 0 aromatic heterocycles. The van der Waals surface area contributed by atoms with Gasteiger partial charge in [-0.3, -0.25) is 19.2 Å². The Bertz CT molecular complexity index is 534. The number of amides is 4. The minimum atomic E-state index is -1.26. The molecule has 10 nitrogen and oxygen atoms in total. The summed E-state index contributed by atoms with van der Waals surface area (Å²) >= 11 is 0. The van der Waals surface area contributed by atoms with E-state index >= 15 is 0 Å². The summed E-state index contributed by atoms with van der Waals surface area (Å²) in [7, 11) is 0. The molecule has 10 heteroatoms. The fourth-order valence-electron chi connectivity index (χ4n) is 2.82. The molecule has 1 rings (SSSR count). The molecule has 0 aromatic carbocycles. The average molecular weight is 400 g/mol. The van der Waals surface area contributed by atoms with E-state index in [1.165, 1.54) is 0 Å². The van der Waals surface area contributed by atoms with Crippen molar-refractivity contribution < 1.29 is 29.4 Å². The van der Waals surface area contributed by atoms with Gasteiger partial charge in [0.25, 0.3) is 0 Å². The van der Waals surface area contributed by atoms with Crippen LogP contribution in [0.3, 0.4) is 0 Å². The van der Waals surface area contributed by atoms with E-state index in [2.05, 4.69) is 21.3 Å². The molecule has 1 aliphatic rings. The van der Waals surface area contributed by atoms with Crippen LogP contribution in [0.4, 0.5) is 0 Å². The van der Waals surface area contributed by atoms with Crippen LogP contribution in [-0.4, -0.2) is 71.2 Å². The topological polar surface area (TPSA) is 157 Å². The molecule has 6 atom stereocenters. The second kappa shape index (κ2) is 11.0. The van der Waals surface area contributed by atoms with Gasteiger partial charge in [0, 0.05) is 0 Å². The molecule has 28 heavy (non-hydrogen) atoms. The number of aliphatic hydroxyl groups excluding tert-OH is 2. The molecule has 1 heterocycles. The van der Waals surface area contributed by atoms with Crippen LogP contribution >= 0.6 is 0 Å². The number of aliphatic hydroxyl groups is 2. The zero-order valence-corrected chi connectivity index (χ0v) is 16.8. The van der Waals surface area contributed by atoms with Crippen molar-refractivity contribution in [1.29, 1.82) is 0 Å². The van der Waals surface area contributed by atoms with Crippen LogP contribution in [0.2, 0.25) is 0 Å². The van der Waals surface area contributed by atoms with Gasteiger partial charge in [0.1, 0.15) is 24.2 Å². The highest BCUT2D eigenvalue weighted by Crippen LogP contribution is 2.12. The third-order valence-corrected chi connectivity index (χ3v) is 5.22. The summed E-state index contributed by atoms with van der Waals surface area (Å²) < 4.78 is 0. The molecule has 160 valence electrons. The summed E-state index contributed by atoms with van der Waals surface area (Å²) in [5.41, 5.74) is 0. The van der Waals surface area contributed by atoms with E-state index in [4.69, 9.17) is 0 Å². The highest BCUT2D eigenvalue weighted by Gasteiger charge is 2.36. The Kier molecular flexibility index (Phi) is 9.33. The minimum Gasteiger partial charge on any atom is -0.394 e. The number of hydrogen-bond acceptors (Lipinski definition) is 6. The maximum atomic E-state index is 12.7. The van der Waals surface area contributed by atoms with E-state index in [1.54, 1.807) is 13.8 Å². The van der Waals surface area contributed by atoms with Gasteiger partial charge in [-0.2, -0.15) is 0 Å². The third-order valence-electron chi connectivity index (χ3n) is 5.22. The molecule has 6 N–H and O–H groups in total. The lowest BCUT2D eigenvalue weighted by molar-refractivity contribution is -0.139. The van der Waals surface area contributed by atoms with Gasteiger partial charge < -0.3 is 31.5 Å². The van der Waals surface area contributed by atoms with Crippen molar-refractivity contribution in [2.24, 2.45) is 11.8 Å². The van der Waals surface area contributed by atoms with Gasteiger partial charge in [-0.25, -0.2) is 0 Å². The van der Waals surface area contributed by atoms with Gasteiger partial charge in [-0.05, 0) is 11.8 Å². The minimum absolute atomic E-state index is 0.280. The second-order valence-corrected chi connectivity index (χ2v) is 7.23. The fourth-order valence-corrected chi connectivity index (χ4v) is 2.82. The predicted octanol–water partition coefficient (Wildman–Crippen LogP) is -1.98. The monoisotopic (exact) mass is 400 g/mol. The van der Waals surface area contributed by atoms with Gasteiger partial charge in [0.2, 0.25) is 23.6 Å². The summed E-state index contributed by atoms with van der Waals surface area (Å²) in [5, 5.41) is 29.0. The molecule has 0 bridgehead atoms. The first-order valence-electron chi connectivity index (χ1n) is 9.63. The van der Waals surface area contributed by atoms with Crippen molar-refractivity contribution in [2.45, 2.75) is 64.7 Å². The van der Waals surface area contributed by atoms with Gasteiger partial charge in [0.05, 0.1) is 13.2 Å². The van der Waals surface area contributed by atoms with Gasteiger partial charge in [-0.15, -0.1) is 0 Å². The molecule has 0 aromatic rings. The standard InChI is InChI=1S/C18H32N4O6/c1-5-9(3)13-17(27)19-12(8-24)16(26)22-14(10(4)6-2)18(28)20-11(7-23)15(25)21-13/h9-14,23-24H,5-8H2,1-4H3,(H,19,27)(H,20,28)(H,21,25)(H,22,26)/t9-,10-,11-,12-,13-,14-/m0/s1. The smallest absolute Gasteiger partial charge is 0.245 e. The summed E-state index contributed by atoms with van der Waals surface area (Å²) in [6.07, 6.45) is 1.11. The lowest BCUT2D eigenvalue weighted by Crippen LogP contribution is -2.64. The first-order chi connectivity index (χ1) is 13.2. The highest BCUT2D eigenvalue weighted by molar-refractivity contribution is 5.97. The lowest BCUT2D eigenvalue weighted by Gasteiger charge is -2.31. The zero-order chi connectivity index (χ0) is 21.4. The molecule has 0 radical (unpaired) electrons. The van der Waals surface area contributed by atoms with Crippen LogP contribution < -0.4 is 21.3 Å². The first kappa shape index (κ1) is 23.8. The summed E-state index contributed by atoms with van der Waals surface area (Å²) in [6, 6.07) is -4.50. The summed E-state index contributed by atoms with van der Waals surface area (Å²) in [5.74, 6) is -3.21. The lowest BCUT2D eigenvalue weighted by atomic mass is 9.96. The number of hydrogen-bond donors (Lipinski definition) is 6. The SMILES string of the molecule is CC[C@H](C)[C@@H]1NC(=O)[C@H](CO)NC(=O)[C@H]([C@@H](C)CC)NC(=O)[C@H](CO)NC1=O. The summed E-state index contributed by atoms with van der Waals surface area (Å²) in [4.78, 5) is 50.4. The Morgan fingerprint density at radius 2 is 1.00 bits per heavy atom. The van der Waals surface area contributed by atoms with Crippen LogP contribution in [0.1, 0.15) is 40.5 Å². The van der Waals surface area contributed by atoms with Crippen molar-refractivity contribution in [3.05, 3.63) is 0 Å². The highest BCUT2D eigenvalue weighted by atomic mass is 16.3. The molecule has 0 spiro atoms. The molecule has 4 amide bonds. The van der Waals surface area contributed by atoms with Gasteiger partial charge >= 0.3 is 0 Å². The van der Waals surface area contributed by atoms with Gasteiger partial charge in [0.15, 0.2) is 0 Å². The van der Waals surface area contributed by atoms with Crippen LogP contribution in [0.5, 0.6) is 0 Å². The van der Waals surface area contributed by atoms with Gasteiger partial charge in [-0.1, -0.05) is 40.5 Å². The van der Waals surface area contributed by atoms with E-state index in [0.717, 1.165) is 0 Å². The predicted molar refractivity (Wildman–Crippen MR) is 101 cm³/mol. The molecule has 1 saturated heterocycles. The average Bonchev–Trinajstić information content (AvgIpc) is 2.69. The second-order valence-electron chi connectivity index (χ2n) is 7.23. The van der Waals surface area contributed by atoms with Crippen molar-refractivity contribution in [1.82, 2.24) is 21.3 Å². The molecular formula is C18H32N4O6. The van der Waals surface area contributed by atoms with E-state index in [-0.39, 0.29) is 11.8 Å². The molecular weight excluding hydrogens is 368 g/mol. The zero-order valence-electron chi connectivity index (χ0n) is 16.8. The van der Waals surface area contributed by atoms with E-state index in [0.29, 0.717) is 12.8 Å². The summed E-state index contributed by atoms with van der Waals surface area (Å²) in [6.45, 7) is 5.84. The Morgan fingerprint density at radius 3 is 1.25 bits per heavy atom. The van der Waals surface area contributed by atoms with Crippen molar-refractivity contribution in [2.75, 3.05) is 13.2 Å². The fraction of sp³-hybridized carbons (Fsp3) is 0.778. The third kappa shape index (κ3) is 5.90. The van der Waals surface area contributed by atoms with Crippen molar-refractivity contribution in [3.63, 3.8) is 0 Å². The van der Waals surface area contributed by atoms with E-state index in [9.17, 15) is 29.4 Å². The molecule has 0 unspecified atom stereocenters. The number of rotatable bonds is 6. The Balaban J connectivity index is 3.28. The maximum Gasteiger partial charge on any atom is 0.245 e. The maximum absolute atomic E-state index is 12.7. The van der Waals surface area contributed by atoms with Crippen LogP contribution in [-0.2, 0) is 19.2 Å². The molecule has 0 saturated carbocycles. The number of carbonyl (C=O) groups excluding carboxylic acids is 4. The number of carbonyl (C=O) groups is 4. The normalized spacial score (nSPS) is 29.4. The first-order valence-corrected chi connectivity index (χ1v) is 9.63. The Morgan fingerprint density at radius 1 is 0.679 bits per heavy atom. The Hall–Kier alpha value is -2.20. The number of nitrogens with one attached hydrogen (secondary N) is 4. The molecule has 1 aliphatic heterocycles. The van der Waals surface area contributed by atoms with Crippen LogP contribution in [0.25, 0.3) is 0 Å². The molecule has 0 aliphatic carbocycles. The van der Waals surface area contributed by atoms with E-state index < -0.39 is 61.0 Å². The van der Waals surface area contributed by atoms with Crippen LogP contribution in [0, 0.1) is 11.8 Å². The van der Waals surface area contributed by atoms with Crippen molar-refractivity contribution >= 4 is 23.6 Å². The largest absolute Gasteiger partial charge is 0.394 e.